The number of nitrogens with zero attached hydrogens (tertiary/aromatic N) is 2. The predicted octanol–water partition coefficient (Wildman–Crippen LogP) is 2.49. The van der Waals surface area contributed by atoms with Crippen LogP contribution in [0, 0.1) is 5.92 Å². The second-order valence-electron chi connectivity index (χ2n) is 13.1. The normalized spacial score (nSPS) is 30.1. The van der Waals surface area contributed by atoms with Gasteiger partial charge < -0.3 is 35.1 Å². The van der Waals surface area contributed by atoms with Gasteiger partial charge in [0.1, 0.15) is 0 Å². The number of benzene rings is 2. The van der Waals surface area contributed by atoms with Crippen molar-refractivity contribution in [1.82, 2.24) is 10.2 Å². The van der Waals surface area contributed by atoms with Gasteiger partial charge in [-0.25, -0.2) is 0 Å². The second-order valence-corrected chi connectivity index (χ2v) is 17.1. The number of nitrogens with one attached hydrogen (secondary N) is 2. The first-order chi connectivity index (χ1) is 20.5. The number of hydrogen-bond donors (Lipinski definition) is 4. The minimum absolute atomic E-state index is 0.0114. The molecule has 230 valence electrons. The molecule has 4 aliphatic rings. The summed E-state index contributed by atoms with van der Waals surface area (Å²) in [6.45, 7) is 6.64. The van der Waals surface area contributed by atoms with E-state index in [0.29, 0.717) is 29.9 Å². The van der Waals surface area contributed by atoms with Gasteiger partial charge in [0.15, 0.2) is 13.9 Å². The summed E-state index contributed by atoms with van der Waals surface area (Å²) in [6.07, 6.45) is 1.57. The van der Waals surface area contributed by atoms with Gasteiger partial charge in [0.05, 0.1) is 36.9 Å². The predicted molar refractivity (Wildman–Crippen MR) is 165 cm³/mol. The first-order valence-electron chi connectivity index (χ1n) is 15.3. The molecule has 43 heavy (non-hydrogen) atoms. The fourth-order valence-electron chi connectivity index (χ4n) is 7.93. The smallest absolute Gasteiger partial charge is 0.264 e. The average molecular weight is 607 g/mol. The number of fused-ring (bicyclic) bond motifs is 3. The van der Waals surface area contributed by atoms with Crippen molar-refractivity contribution < 1.29 is 29.0 Å². The Morgan fingerprint density at radius 2 is 1.93 bits per heavy atom. The summed E-state index contributed by atoms with van der Waals surface area (Å²) in [7, 11) is -1.26. The molecule has 6 rings (SSSR count). The van der Waals surface area contributed by atoms with Gasteiger partial charge in [-0.2, -0.15) is 0 Å². The monoisotopic (exact) mass is 606 g/mol. The molecule has 2 aromatic rings. The number of hydrogen-bond acceptors (Lipinski definition) is 7. The lowest BCUT2D eigenvalue weighted by Crippen LogP contribution is -2.48. The van der Waals surface area contributed by atoms with Crippen LogP contribution in [-0.2, 0) is 37.7 Å². The van der Waals surface area contributed by atoms with E-state index in [4.69, 9.17) is 4.74 Å². The van der Waals surface area contributed by atoms with Gasteiger partial charge in [0.25, 0.3) is 5.91 Å². The van der Waals surface area contributed by atoms with Gasteiger partial charge in [0, 0.05) is 36.3 Å². The Labute approximate surface area is 253 Å². The largest absolute Gasteiger partial charge is 0.432 e. The van der Waals surface area contributed by atoms with Crippen LogP contribution in [0.25, 0.3) is 0 Å². The minimum atomic E-state index is -2.97. The fourth-order valence-corrected chi connectivity index (χ4v) is 10.5. The van der Waals surface area contributed by atoms with E-state index >= 15 is 0 Å². The van der Waals surface area contributed by atoms with Crippen LogP contribution >= 0.6 is 0 Å². The highest BCUT2D eigenvalue weighted by Crippen LogP contribution is 2.59. The van der Waals surface area contributed by atoms with Crippen LogP contribution in [0.4, 0.5) is 11.4 Å². The number of anilines is 2. The molecule has 1 spiro atoms. The molecule has 11 heteroatoms. The van der Waals surface area contributed by atoms with E-state index in [9.17, 15) is 24.3 Å². The Hall–Kier alpha value is -3.09. The number of amides is 3. The number of carbonyl (C=O) groups excluding carboxylic acids is 3. The molecule has 2 aromatic carbocycles. The third kappa shape index (κ3) is 5.00. The molecule has 0 radical (unpaired) electrons. The molecule has 10 nitrogen and oxygen atoms in total. The molecule has 4 heterocycles. The lowest BCUT2D eigenvalue weighted by Gasteiger charge is -2.37. The van der Waals surface area contributed by atoms with E-state index in [-0.39, 0.29) is 42.8 Å². The fraction of sp³-hybridized carbons (Fsp3) is 0.531. The molecule has 0 unspecified atom stereocenters. The molecule has 0 aromatic heterocycles. The number of aliphatic hydroxyl groups is 1. The van der Waals surface area contributed by atoms with Gasteiger partial charge in [-0.1, -0.05) is 31.2 Å². The highest BCUT2D eigenvalue weighted by Gasteiger charge is 2.66. The zero-order valence-electron chi connectivity index (χ0n) is 25.3. The number of carbonyl (C=O) groups is 3. The van der Waals surface area contributed by atoms with Crippen LogP contribution in [-0.4, -0.2) is 79.2 Å². The molecule has 2 fully saturated rings. The minimum Gasteiger partial charge on any atom is -0.432 e. The average Bonchev–Trinajstić information content (AvgIpc) is 3.67. The lowest BCUT2D eigenvalue weighted by atomic mass is 9.82. The van der Waals surface area contributed by atoms with E-state index in [1.165, 1.54) is 0 Å². The molecule has 3 amide bonds. The molecule has 0 aliphatic carbocycles. The molecule has 6 atom stereocenters. The van der Waals surface area contributed by atoms with E-state index in [1.54, 1.807) is 22.9 Å². The topological polar surface area (TPSA) is 131 Å². The van der Waals surface area contributed by atoms with E-state index in [2.05, 4.69) is 10.6 Å². The molecule has 4 N–H and O–H groups in total. The number of aliphatic hydroxyl groups excluding tert-OH is 1. The first kappa shape index (κ1) is 30.0. The SMILES string of the molecule is C[C@H]1[C@H]([Si](C)(C)O)[C@@H](CC(=O)N2Cc3ccccc3C[C@H]2CO)O[C@]12C(=O)N(C)c1ccc(NC(=O)[C@H]3CCCN3)cc12. The summed E-state index contributed by atoms with van der Waals surface area (Å²) in [4.78, 5) is 55.7. The molecule has 2 saturated heterocycles. The first-order valence-corrected chi connectivity index (χ1v) is 18.3. The quantitative estimate of drug-likeness (QED) is 0.372. The standard InChI is InChI=1S/C32H42N4O6Si/c1-19-29(43(3,4)41)27(16-28(38)36-17-21-9-6-5-8-20(21)14-23(36)18-37)42-32(19)24-15-22(11-12-26(24)35(2)31(32)40)34-30(39)25-10-7-13-33-25/h5-6,8-9,11-12,15,19,23,25,27,29,33,37,41H,7,10,13-14,16-18H2,1-4H3,(H,34,39)/t19-,23-,25+,27+,29-,32+/m0/s1. The molecule has 0 bridgehead atoms. The van der Waals surface area contributed by atoms with Crippen LogP contribution in [0.5, 0.6) is 0 Å². The zero-order chi connectivity index (χ0) is 30.7. The van der Waals surface area contributed by atoms with Crippen molar-refractivity contribution in [3.8, 4) is 0 Å². The van der Waals surface area contributed by atoms with Crippen molar-refractivity contribution in [3.63, 3.8) is 0 Å². The van der Waals surface area contributed by atoms with Crippen molar-refractivity contribution in [1.29, 1.82) is 0 Å². The van der Waals surface area contributed by atoms with Crippen LogP contribution in [0.2, 0.25) is 18.6 Å². The van der Waals surface area contributed by atoms with Crippen LogP contribution in [0.3, 0.4) is 0 Å². The Morgan fingerprint density at radius 1 is 1.19 bits per heavy atom. The van der Waals surface area contributed by atoms with Gasteiger partial charge in [-0.3, -0.25) is 14.4 Å². The van der Waals surface area contributed by atoms with Crippen LogP contribution < -0.4 is 15.5 Å². The Morgan fingerprint density at radius 3 is 2.60 bits per heavy atom. The maximum absolute atomic E-state index is 14.1. The van der Waals surface area contributed by atoms with Crippen molar-refractivity contribution >= 4 is 37.4 Å². The molecular formula is C32H42N4O6Si. The van der Waals surface area contributed by atoms with Gasteiger partial charge in [-0.15, -0.1) is 0 Å². The maximum atomic E-state index is 14.1. The number of likely N-dealkylation sites (N-methyl/N-ethyl adjacent to an activating group) is 1. The highest BCUT2D eigenvalue weighted by molar-refractivity contribution is 6.71. The zero-order valence-corrected chi connectivity index (χ0v) is 26.3. The van der Waals surface area contributed by atoms with Gasteiger partial charge >= 0.3 is 0 Å². The summed E-state index contributed by atoms with van der Waals surface area (Å²) in [5, 5.41) is 16.4. The summed E-state index contributed by atoms with van der Waals surface area (Å²) < 4.78 is 6.78. The second kappa shape index (κ2) is 11.1. The van der Waals surface area contributed by atoms with Gasteiger partial charge in [-0.05, 0) is 68.2 Å². The van der Waals surface area contributed by atoms with E-state index < -0.39 is 31.5 Å². The third-order valence-corrected chi connectivity index (χ3v) is 12.5. The van der Waals surface area contributed by atoms with Crippen molar-refractivity contribution in [2.45, 2.75) is 81.6 Å². The Bertz CT molecular complexity index is 1440. The summed E-state index contributed by atoms with van der Waals surface area (Å²) in [6, 6.07) is 12.8. The van der Waals surface area contributed by atoms with Crippen molar-refractivity contribution in [2.24, 2.45) is 5.92 Å². The van der Waals surface area contributed by atoms with E-state index in [0.717, 1.165) is 30.5 Å². The summed E-state index contributed by atoms with van der Waals surface area (Å²) >= 11 is 0. The Balaban J connectivity index is 1.32. The van der Waals surface area contributed by atoms with Gasteiger partial charge in [0.2, 0.25) is 11.8 Å². The Kier molecular flexibility index (Phi) is 7.75. The molecular weight excluding hydrogens is 564 g/mol. The molecule has 4 aliphatic heterocycles. The summed E-state index contributed by atoms with van der Waals surface area (Å²) in [5.41, 5.74) is 2.27. The van der Waals surface area contributed by atoms with Crippen molar-refractivity contribution in [2.75, 3.05) is 30.4 Å². The van der Waals surface area contributed by atoms with Crippen molar-refractivity contribution in [3.05, 3.63) is 59.2 Å². The lowest BCUT2D eigenvalue weighted by molar-refractivity contribution is -0.150. The van der Waals surface area contributed by atoms with Crippen LogP contribution in [0.1, 0.15) is 42.9 Å². The highest BCUT2D eigenvalue weighted by atomic mass is 28.4. The molecule has 0 saturated carbocycles. The van der Waals surface area contributed by atoms with Crippen LogP contribution in [0.15, 0.2) is 42.5 Å². The number of ether oxygens (including phenoxy) is 1. The number of rotatable bonds is 6. The summed E-state index contributed by atoms with van der Waals surface area (Å²) in [5.74, 6) is -0.952. The van der Waals surface area contributed by atoms with E-state index in [1.807, 2.05) is 56.4 Å². The maximum Gasteiger partial charge on any atom is 0.264 e. The third-order valence-electron chi connectivity index (χ3n) is 10.0.